The van der Waals surface area contributed by atoms with Crippen LogP contribution >= 0.6 is 11.8 Å². The lowest BCUT2D eigenvalue weighted by molar-refractivity contribution is -0.145. The van der Waals surface area contributed by atoms with Crippen molar-refractivity contribution in [3.05, 3.63) is 12.1 Å². The Morgan fingerprint density at radius 3 is 2.73 bits per heavy atom. The number of fused-ring (bicyclic) bond motifs is 1. The molecule has 3 rings (SSSR count). The Morgan fingerprint density at radius 1 is 1.38 bits per heavy atom. The number of nitrogens with one attached hydrogen (secondary N) is 1. The molecule has 0 saturated carbocycles. The van der Waals surface area contributed by atoms with Crippen molar-refractivity contribution in [1.82, 2.24) is 14.9 Å². The summed E-state index contributed by atoms with van der Waals surface area (Å²) in [5, 5.41) is 22.0. The molecule has 0 aromatic carbocycles. The van der Waals surface area contributed by atoms with Crippen LogP contribution in [0.3, 0.4) is 0 Å². The minimum Gasteiger partial charge on any atom is -0.492 e. The molecule has 3 N–H and O–H groups in total. The van der Waals surface area contributed by atoms with Gasteiger partial charge in [0.05, 0.1) is 12.1 Å². The molecule has 0 aliphatic carbocycles. The van der Waals surface area contributed by atoms with Crippen molar-refractivity contribution in [2.75, 3.05) is 12.3 Å². The molecular formula is C17H25N3O5S. The molecule has 3 heterocycles. The second-order valence-corrected chi connectivity index (χ2v) is 8.48. The fraction of sp³-hybridized carbons (Fsp3) is 0.647. The molecule has 0 radical (unpaired) electrons. The van der Waals surface area contributed by atoms with Gasteiger partial charge in [0.15, 0.2) is 0 Å². The van der Waals surface area contributed by atoms with Gasteiger partial charge in [-0.15, -0.1) is 4.73 Å². The molecule has 26 heavy (non-hydrogen) atoms. The minimum atomic E-state index is -0.512. The molecule has 0 bridgehead atoms. The Balaban J connectivity index is 1.47. The highest BCUT2D eigenvalue weighted by Crippen LogP contribution is 2.46. The number of aromatic nitrogens is 1. The van der Waals surface area contributed by atoms with Crippen molar-refractivity contribution >= 4 is 23.8 Å². The minimum absolute atomic E-state index is 0.0175. The second kappa shape index (κ2) is 7.30. The van der Waals surface area contributed by atoms with Crippen LogP contribution in [0.2, 0.25) is 0 Å². The number of unbranched alkanes of at least 4 members (excludes halogenated alkanes) is 1. The van der Waals surface area contributed by atoms with Crippen LogP contribution in [0.25, 0.3) is 0 Å². The summed E-state index contributed by atoms with van der Waals surface area (Å²) in [5.41, 5.74) is 0. The maximum Gasteiger partial charge on any atom is 0.333 e. The number of hydrogen-bond acceptors (Lipinski definition) is 6. The predicted molar refractivity (Wildman–Crippen MR) is 97.2 cm³/mol. The number of urea groups is 1. The van der Waals surface area contributed by atoms with Crippen molar-refractivity contribution in [2.24, 2.45) is 0 Å². The van der Waals surface area contributed by atoms with Crippen LogP contribution < -0.4 is 10.2 Å². The molecule has 2 aliphatic rings. The Labute approximate surface area is 156 Å². The van der Waals surface area contributed by atoms with E-state index in [-0.39, 0.29) is 41.0 Å². The molecule has 2 saturated heterocycles. The largest absolute Gasteiger partial charge is 0.492 e. The Kier molecular flexibility index (Phi) is 5.27. The first-order valence-electron chi connectivity index (χ1n) is 8.87. The fourth-order valence-corrected chi connectivity index (χ4v) is 5.44. The highest BCUT2D eigenvalue weighted by atomic mass is 32.2. The summed E-state index contributed by atoms with van der Waals surface area (Å²) in [7, 11) is 0. The molecule has 2 fully saturated rings. The highest BCUT2D eigenvalue weighted by molar-refractivity contribution is 8.01. The molecule has 8 nitrogen and oxygen atoms in total. The van der Waals surface area contributed by atoms with Gasteiger partial charge in [-0.3, -0.25) is 0 Å². The molecule has 1 aromatic rings. The van der Waals surface area contributed by atoms with Crippen LogP contribution in [0, 0.1) is 0 Å². The van der Waals surface area contributed by atoms with E-state index in [0.717, 1.165) is 18.6 Å². The lowest BCUT2D eigenvalue weighted by atomic mass is 9.90. The van der Waals surface area contributed by atoms with Gasteiger partial charge in [-0.25, -0.2) is 9.59 Å². The first kappa shape index (κ1) is 18.8. The van der Waals surface area contributed by atoms with Crippen molar-refractivity contribution in [3.8, 4) is 11.8 Å². The summed E-state index contributed by atoms with van der Waals surface area (Å²) < 4.78 is 0.677. The number of nitrogens with zero attached hydrogens (tertiary/aromatic N) is 2. The van der Waals surface area contributed by atoms with Gasteiger partial charge in [0.2, 0.25) is 11.8 Å². The van der Waals surface area contributed by atoms with Gasteiger partial charge in [0, 0.05) is 35.6 Å². The summed E-state index contributed by atoms with van der Waals surface area (Å²) in [6.07, 6.45) is 2.57. The van der Waals surface area contributed by atoms with Crippen molar-refractivity contribution in [1.29, 1.82) is 0 Å². The summed E-state index contributed by atoms with van der Waals surface area (Å²) in [6, 6.07) is 2.89. The van der Waals surface area contributed by atoms with Crippen LogP contribution in [0.5, 0.6) is 11.8 Å². The molecule has 9 heteroatoms. The van der Waals surface area contributed by atoms with Gasteiger partial charge in [-0.2, -0.15) is 11.8 Å². The maximum absolute atomic E-state index is 12.0. The summed E-state index contributed by atoms with van der Waals surface area (Å²) >= 11 is 1.88. The van der Waals surface area contributed by atoms with Crippen LogP contribution in [0.4, 0.5) is 4.79 Å². The number of thioether (sulfide) groups is 1. The predicted octanol–water partition coefficient (Wildman–Crippen LogP) is 1.70. The van der Waals surface area contributed by atoms with Gasteiger partial charge in [-0.1, -0.05) is 6.42 Å². The first-order valence-corrected chi connectivity index (χ1v) is 9.86. The molecular weight excluding hydrogens is 358 g/mol. The third-order valence-corrected chi connectivity index (χ3v) is 6.77. The third-order valence-electron chi connectivity index (χ3n) is 5.14. The monoisotopic (exact) mass is 383 g/mol. The van der Waals surface area contributed by atoms with Gasteiger partial charge in [-0.05, 0) is 26.7 Å². The molecule has 1 aromatic heterocycles. The Hall–Kier alpha value is -2.03. The average molecular weight is 383 g/mol. The Morgan fingerprint density at radius 2 is 2.08 bits per heavy atom. The van der Waals surface area contributed by atoms with Gasteiger partial charge >= 0.3 is 12.0 Å². The smallest absolute Gasteiger partial charge is 0.333 e. The van der Waals surface area contributed by atoms with Crippen LogP contribution in [-0.2, 0) is 4.79 Å². The average Bonchev–Trinajstić information content (AvgIpc) is 3.21. The quantitative estimate of drug-likeness (QED) is 0.489. The summed E-state index contributed by atoms with van der Waals surface area (Å²) in [4.78, 5) is 30.8. The van der Waals surface area contributed by atoms with Crippen LogP contribution in [0.1, 0.15) is 39.5 Å². The molecule has 3 atom stereocenters. The first-order chi connectivity index (χ1) is 12.4. The van der Waals surface area contributed by atoms with E-state index in [2.05, 4.69) is 12.2 Å². The molecule has 144 valence electrons. The zero-order chi connectivity index (χ0) is 18.9. The van der Waals surface area contributed by atoms with Gasteiger partial charge < -0.3 is 25.3 Å². The number of rotatable bonds is 7. The summed E-state index contributed by atoms with van der Waals surface area (Å²) in [6.45, 7) is 4.88. The van der Waals surface area contributed by atoms with Crippen molar-refractivity contribution in [3.63, 3.8) is 0 Å². The van der Waals surface area contributed by atoms with Crippen LogP contribution in [-0.4, -0.2) is 61.0 Å². The lowest BCUT2D eigenvalue weighted by Crippen LogP contribution is -2.47. The molecule has 2 aliphatic heterocycles. The van der Waals surface area contributed by atoms with E-state index < -0.39 is 5.97 Å². The number of amides is 2. The zero-order valence-corrected chi connectivity index (χ0v) is 15.8. The van der Waals surface area contributed by atoms with Crippen LogP contribution in [0.15, 0.2) is 12.1 Å². The number of aromatic hydroxyl groups is 2. The number of hydrogen-bond donors (Lipinski definition) is 3. The van der Waals surface area contributed by atoms with E-state index in [1.54, 1.807) is 0 Å². The fourth-order valence-electron chi connectivity index (χ4n) is 3.87. The number of carbonyl (C=O) groups is 2. The maximum atomic E-state index is 12.0. The lowest BCUT2D eigenvalue weighted by Gasteiger charge is -2.35. The molecule has 2 amide bonds. The second-order valence-electron chi connectivity index (χ2n) is 6.93. The zero-order valence-electron chi connectivity index (χ0n) is 15.0. The van der Waals surface area contributed by atoms with E-state index in [4.69, 9.17) is 4.84 Å². The van der Waals surface area contributed by atoms with E-state index >= 15 is 0 Å². The Bertz CT molecular complexity index is 674. The normalized spacial score (nSPS) is 27.5. The number of likely N-dealkylation sites (N-methyl/N-ethyl adjacent to an activating group) is 1. The summed E-state index contributed by atoms with van der Waals surface area (Å²) in [5.74, 6) is -0.246. The number of carbonyl (C=O) groups excluding carboxylic acids is 2. The highest BCUT2D eigenvalue weighted by Gasteiger charge is 2.54. The van der Waals surface area contributed by atoms with E-state index in [9.17, 15) is 19.8 Å². The van der Waals surface area contributed by atoms with Crippen molar-refractivity contribution < 1.29 is 24.6 Å². The van der Waals surface area contributed by atoms with E-state index in [1.807, 2.05) is 23.6 Å². The molecule has 0 spiro atoms. The van der Waals surface area contributed by atoms with E-state index in [0.29, 0.717) is 17.7 Å². The van der Waals surface area contributed by atoms with Gasteiger partial charge in [0.1, 0.15) is 0 Å². The topological polar surface area (TPSA) is 104 Å². The van der Waals surface area contributed by atoms with E-state index in [1.165, 1.54) is 12.1 Å². The van der Waals surface area contributed by atoms with Crippen molar-refractivity contribution in [2.45, 2.75) is 56.4 Å². The molecule has 3 unspecified atom stereocenters. The SMILES string of the molecule is CCN1C(=O)NC2CSC(C)(CCCCC(=O)On3c(O)ccc3O)C21. The standard InChI is InChI=1S/C17H25N3O5S/c1-3-19-15-11(18-16(19)24)10-26-17(15,2)9-5-4-6-14(23)25-20-12(21)7-8-13(20)22/h7-8,11,15,21-22H,3-6,9-10H2,1-2H3,(H,18,24). The third kappa shape index (κ3) is 3.44. The van der Waals surface area contributed by atoms with Gasteiger partial charge in [0.25, 0.3) is 0 Å².